The summed E-state index contributed by atoms with van der Waals surface area (Å²) in [7, 11) is 0. The SMILES string of the molecule is C=C(Nc1cc2cc(-c3cncs3)ccc2cn1)C1CCCN(CC(C)C)C1. The number of thiazole rings is 1. The maximum Gasteiger partial charge on any atom is 0.130 e. The number of pyridine rings is 1. The van der Waals surface area contributed by atoms with E-state index in [0.717, 1.165) is 23.4 Å². The number of fused-ring (bicyclic) bond motifs is 1. The van der Waals surface area contributed by atoms with Crippen molar-refractivity contribution in [2.45, 2.75) is 26.7 Å². The van der Waals surface area contributed by atoms with Crippen molar-refractivity contribution in [1.82, 2.24) is 14.9 Å². The molecule has 1 unspecified atom stereocenters. The molecule has 28 heavy (non-hydrogen) atoms. The predicted octanol–water partition coefficient (Wildman–Crippen LogP) is 5.65. The van der Waals surface area contributed by atoms with Gasteiger partial charge in [0.25, 0.3) is 0 Å². The van der Waals surface area contributed by atoms with E-state index in [-0.39, 0.29) is 0 Å². The number of likely N-dealkylation sites (tertiary alicyclic amines) is 1. The minimum absolute atomic E-state index is 0.480. The molecular formula is C23H28N4S. The highest BCUT2D eigenvalue weighted by Gasteiger charge is 2.22. The zero-order valence-electron chi connectivity index (χ0n) is 16.7. The molecule has 0 radical (unpaired) electrons. The molecule has 0 spiro atoms. The van der Waals surface area contributed by atoms with E-state index >= 15 is 0 Å². The molecule has 0 bridgehead atoms. The van der Waals surface area contributed by atoms with Crippen molar-refractivity contribution in [3.63, 3.8) is 0 Å². The van der Waals surface area contributed by atoms with Gasteiger partial charge in [-0.2, -0.15) is 0 Å². The van der Waals surface area contributed by atoms with E-state index in [2.05, 4.69) is 64.9 Å². The van der Waals surface area contributed by atoms with Gasteiger partial charge in [-0.3, -0.25) is 4.98 Å². The van der Waals surface area contributed by atoms with Crippen LogP contribution in [0.4, 0.5) is 5.82 Å². The molecule has 0 amide bonds. The lowest BCUT2D eigenvalue weighted by Crippen LogP contribution is -2.39. The van der Waals surface area contributed by atoms with E-state index in [9.17, 15) is 0 Å². The fourth-order valence-electron chi connectivity index (χ4n) is 4.01. The second kappa shape index (κ2) is 8.41. The van der Waals surface area contributed by atoms with Crippen molar-refractivity contribution in [3.05, 3.63) is 54.4 Å². The smallest absolute Gasteiger partial charge is 0.130 e. The van der Waals surface area contributed by atoms with Crippen LogP contribution < -0.4 is 5.32 Å². The van der Waals surface area contributed by atoms with Gasteiger partial charge in [0.05, 0.1) is 10.4 Å². The Kier molecular flexibility index (Phi) is 5.74. The van der Waals surface area contributed by atoms with Crippen molar-refractivity contribution < 1.29 is 0 Å². The largest absolute Gasteiger partial charge is 0.344 e. The van der Waals surface area contributed by atoms with Crippen molar-refractivity contribution in [2.75, 3.05) is 25.0 Å². The highest BCUT2D eigenvalue weighted by Crippen LogP contribution is 2.29. The summed E-state index contributed by atoms with van der Waals surface area (Å²) in [5, 5.41) is 5.82. The molecule has 1 aromatic carbocycles. The van der Waals surface area contributed by atoms with E-state index in [0.29, 0.717) is 11.8 Å². The molecule has 1 aliphatic heterocycles. The molecule has 1 aliphatic rings. The number of benzene rings is 1. The quantitative estimate of drug-likeness (QED) is 0.588. The Bertz CT molecular complexity index is 948. The second-order valence-corrected chi connectivity index (χ2v) is 9.03. The summed E-state index contributed by atoms with van der Waals surface area (Å²) in [6.45, 7) is 12.4. The van der Waals surface area contributed by atoms with Crippen LogP contribution in [0, 0.1) is 11.8 Å². The molecule has 5 heteroatoms. The fraction of sp³-hybridized carbons (Fsp3) is 0.391. The van der Waals surface area contributed by atoms with Crippen LogP contribution in [-0.2, 0) is 0 Å². The maximum absolute atomic E-state index is 4.61. The van der Waals surface area contributed by atoms with Gasteiger partial charge in [0.1, 0.15) is 5.82 Å². The Morgan fingerprint density at radius 3 is 2.96 bits per heavy atom. The third-order valence-corrected chi connectivity index (χ3v) is 6.17. The van der Waals surface area contributed by atoms with Crippen LogP contribution >= 0.6 is 11.3 Å². The second-order valence-electron chi connectivity index (χ2n) is 8.14. The summed E-state index contributed by atoms with van der Waals surface area (Å²) in [6, 6.07) is 8.60. The summed E-state index contributed by atoms with van der Waals surface area (Å²) in [4.78, 5) is 12.6. The van der Waals surface area contributed by atoms with Gasteiger partial charge in [-0.25, -0.2) is 4.98 Å². The van der Waals surface area contributed by atoms with E-state index < -0.39 is 0 Å². The monoisotopic (exact) mass is 392 g/mol. The summed E-state index contributed by atoms with van der Waals surface area (Å²) >= 11 is 1.66. The van der Waals surface area contributed by atoms with Crippen molar-refractivity contribution >= 4 is 27.9 Å². The predicted molar refractivity (Wildman–Crippen MR) is 120 cm³/mol. The van der Waals surface area contributed by atoms with Crippen LogP contribution in [0.3, 0.4) is 0 Å². The van der Waals surface area contributed by atoms with Crippen LogP contribution in [0.25, 0.3) is 21.2 Å². The number of hydrogen-bond donors (Lipinski definition) is 1. The van der Waals surface area contributed by atoms with Gasteiger partial charge in [-0.15, -0.1) is 11.3 Å². The lowest BCUT2D eigenvalue weighted by Gasteiger charge is -2.34. The van der Waals surface area contributed by atoms with Gasteiger partial charge in [0.2, 0.25) is 0 Å². The van der Waals surface area contributed by atoms with Crippen LogP contribution in [0.5, 0.6) is 0 Å². The molecule has 1 saturated heterocycles. The maximum atomic E-state index is 4.61. The van der Waals surface area contributed by atoms with Crippen LogP contribution in [0.15, 0.2) is 54.4 Å². The molecule has 3 heterocycles. The zero-order valence-corrected chi connectivity index (χ0v) is 17.5. The zero-order chi connectivity index (χ0) is 19.5. The molecule has 4 nitrogen and oxygen atoms in total. The standard InChI is InChI=1S/C23H28N4S/c1-16(2)13-27-8-4-5-20(14-27)17(3)26-23-10-21-9-18(22-12-24-15-28-22)6-7-19(21)11-25-23/h6-7,9-12,15-16,20H,3-5,8,13-14H2,1-2H3,(H,25,26). The Labute approximate surface area is 171 Å². The van der Waals surface area contributed by atoms with Crippen molar-refractivity contribution in [1.29, 1.82) is 0 Å². The molecule has 2 aromatic heterocycles. The normalized spacial score (nSPS) is 17.9. The van der Waals surface area contributed by atoms with Crippen molar-refractivity contribution in [2.24, 2.45) is 11.8 Å². The number of piperidine rings is 1. The van der Waals surface area contributed by atoms with Gasteiger partial charge < -0.3 is 10.2 Å². The Morgan fingerprint density at radius 2 is 2.18 bits per heavy atom. The van der Waals surface area contributed by atoms with Crippen molar-refractivity contribution in [3.8, 4) is 10.4 Å². The highest BCUT2D eigenvalue weighted by molar-refractivity contribution is 7.13. The first-order chi connectivity index (χ1) is 13.6. The molecular weight excluding hydrogens is 364 g/mol. The van der Waals surface area contributed by atoms with Crippen LogP contribution in [-0.4, -0.2) is 34.5 Å². The number of nitrogens with zero attached hydrogens (tertiary/aromatic N) is 3. The lowest BCUT2D eigenvalue weighted by atomic mass is 9.94. The van der Waals surface area contributed by atoms with Gasteiger partial charge in [0.15, 0.2) is 0 Å². The first-order valence-corrected chi connectivity index (χ1v) is 10.9. The number of nitrogens with one attached hydrogen (secondary N) is 1. The molecule has 1 fully saturated rings. The number of aromatic nitrogens is 2. The van der Waals surface area contributed by atoms with E-state index in [1.54, 1.807) is 11.3 Å². The first kappa shape index (κ1) is 19.1. The highest BCUT2D eigenvalue weighted by atomic mass is 32.1. The number of hydrogen-bond acceptors (Lipinski definition) is 5. The van der Waals surface area contributed by atoms with Gasteiger partial charge in [0, 0.05) is 42.5 Å². The summed E-state index contributed by atoms with van der Waals surface area (Å²) in [6.07, 6.45) is 6.29. The van der Waals surface area contributed by atoms with E-state index in [1.807, 2.05) is 17.9 Å². The molecule has 0 saturated carbocycles. The summed E-state index contributed by atoms with van der Waals surface area (Å²) in [5.41, 5.74) is 4.15. The average molecular weight is 393 g/mol. The third kappa shape index (κ3) is 4.42. The first-order valence-electron chi connectivity index (χ1n) is 10.1. The molecule has 146 valence electrons. The molecule has 1 atom stereocenters. The van der Waals surface area contributed by atoms with Crippen LogP contribution in [0.1, 0.15) is 26.7 Å². The fourth-order valence-corrected chi connectivity index (χ4v) is 4.63. The minimum Gasteiger partial charge on any atom is -0.344 e. The summed E-state index contributed by atoms with van der Waals surface area (Å²) < 4.78 is 0. The topological polar surface area (TPSA) is 41.1 Å². The van der Waals surface area contributed by atoms with E-state index in [1.165, 1.54) is 41.8 Å². The molecule has 0 aliphatic carbocycles. The molecule has 4 rings (SSSR count). The number of anilines is 1. The minimum atomic E-state index is 0.480. The summed E-state index contributed by atoms with van der Waals surface area (Å²) in [5.74, 6) is 2.06. The molecule has 1 N–H and O–H groups in total. The Hall–Kier alpha value is -2.24. The third-order valence-electron chi connectivity index (χ3n) is 5.35. The van der Waals surface area contributed by atoms with E-state index in [4.69, 9.17) is 0 Å². The van der Waals surface area contributed by atoms with Gasteiger partial charge >= 0.3 is 0 Å². The number of rotatable bonds is 6. The Balaban J connectivity index is 1.48. The Morgan fingerprint density at radius 1 is 1.29 bits per heavy atom. The average Bonchev–Trinajstić information content (AvgIpc) is 3.22. The molecule has 3 aromatic rings. The lowest BCUT2D eigenvalue weighted by molar-refractivity contribution is 0.174. The van der Waals surface area contributed by atoms with Crippen LogP contribution in [0.2, 0.25) is 0 Å². The van der Waals surface area contributed by atoms with Gasteiger partial charge in [-0.05, 0) is 48.4 Å². The van der Waals surface area contributed by atoms with Gasteiger partial charge in [-0.1, -0.05) is 32.6 Å².